The Morgan fingerprint density at radius 3 is 2.40 bits per heavy atom. The second-order valence-corrected chi connectivity index (χ2v) is 18.2. The van der Waals surface area contributed by atoms with Crippen LogP contribution in [0, 0.1) is 31.3 Å². The Morgan fingerprint density at radius 1 is 0.936 bits per heavy atom. The van der Waals surface area contributed by atoms with Gasteiger partial charge in [-0.1, -0.05) is 96.5 Å². The number of fused-ring (bicyclic) bond motifs is 3. The Hall–Kier alpha value is -3.44. The van der Waals surface area contributed by atoms with Crippen molar-refractivity contribution in [3.05, 3.63) is 108 Å². The van der Waals surface area contributed by atoms with Crippen LogP contribution in [-0.4, -0.2) is 23.0 Å². The molecule has 0 aliphatic heterocycles. The van der Waals surface area contributed by atoms with E-state index in [9.17, 15) is 0 Å². The summed E-state index contributed by atoms with van der Waals surface area (Å²) in [7, 11) is -1.70. The molecule has 2 aromatic carbocycles. The molecule has 0 saturated heterocycles. The molecule has 247 valence electrons. The van der Waals surface area contributed by atoms with Gasteiger partial charge in [-0.05, 0) is 64.4 Å². The van der Waals surface area contributed by atoms with Crippen molar-refractivity contribution in [2.75, 3.05) is 0 Å². The van der Waals surface area contributed by atoms with Gasteiger partial charge >= 0.3 is 0 Å². The van der Waals surface area contributed by atoms with E-state index in [1.165, 1.54) is 12.1 Å². The molecule has 4 nitrogen and oxygen atoms in total. The van der Waals surface area contributed by atoms with Gasteiger partial charge in [-0.2, -0.15) is 0 Å². The van der Waals surface area contributed by atoms with Crippen LogP contribution in [-0.2, 0) is 31.9 Å². The Bertz CT molecular complexity index is 2580. The number of benzene rings is 2. The van der Waals surface area contributed by atoms with Crippen molar-refractivity contribution in [2.24, 2.45) is 5.41 Å². The first-order chi connectivity index (χ1) is 28.5. The molecule has 0 atom stereocenters. The summed E-state index contributed by atoms with van der Waals surface area (Å²) in [5, 5.41) is 1.30. The van der Waals surface area contributed by atoms with Gasteiger partial charge in [-0.3, -0.25) is 0 Å². The molecule has 47 heavy (non-hydrogen) atoms. The van der Waals surface area contributed by atoms with Gasteiger partial charge < -0.3 is 14.4 Å². The van der Waals surface area contributed by atoms with Gasteiger partial charge in [0.1, 0.15) is 0 Å². The fraction of sp³-hybridized carbons (Fsp3) is 0.341. The fourth-order valence-corrected chi connectivity index (χ4v) is 6.35. The van der Waals surface area contributed by atoms with Crippen LogP contribution < -0.4 is 5.19 Å². The van der Waals surface area contributed by atoms with Crippen molar-refractivity contribution in [3.8, 4) is 22.5 Å². The third-order valence-corrected chi connectivity index (χ3v) is 9.08. The summed E-state index contributed by atoms with van der Waals surface area (Å²) in [4.78, 5) is 12.8. The van der Waals surface area contributed by atoms with Gasteiger partial charge in [0.15, 0.2) is 0 Å². The molecule has 0 aliphatic rings. The summed E-state index contributed by atoms with van der Waals surface area (Å²) in [6, 6.07) is 21.2. The van der Waals surface area contributed by atoms with Gasteiger partial charge in [-0.15, -0.1) is 53.6 Å². The average Bonchev–Trinajstić information content (AvgIpc) is 3.51. The van der Waals surface area contributed by atoms with Crippen LogP contribution in [0.15, 0.2) is 77.5 Å². The number of hydrogen-bond acceptors (Lipinski definition) is 4. The van der Waals surface area contributed by atoms with Crippen LogP contribution in [0.3, 0.4) is 0 Å². The van der Waals surface area contributed by atoms with E-state index in [-0.39, 0.29) is 64.7 Å². The van der Waals surface area contributed by atoms with Gasteiger partial charge in [0.05, 0.1) is 13.7 Å². The van der Waals surface area contributed by atoms with E-state index >= 15 is 0 Å². The zero-order valence-corrected chi connectivity index (χ0v) is 30.4. The number of pyridine rings is 3. The molecule has 0 fully saturated rings. The van der Waals surface area contributed by atoms with Crippen LogP contribution in [0.4, 0.5) is 0 Å². The normalized spacial score (nSPS) is 19.1. The quantitative estimate of drug-likeness (QED) is 0.131. The first-order valence-corrected chi connectivity index (χ1v) is 18.2. The van der Waals surface area contributed by atoms with Crippen LogP contribution >= 0.6 is 0 Å². The van der Waals surface area contributed by atoms with Crippen molar-refractivity contribution < 1.29 is 47.8 Å². The SMILES string of the molecule is [2H]C([2H])([2H])c1ccc2c(n1)oc1c(-c3cc(C(C([2H])([2H])[2H])(C([2H])([2H])[2H])C([2H])([2H])[2H])ccn3)[c-]cc(C([2H])([2H])[2H])c12.[2H]C([2H])(c1cc(-c2[c-]cccc2)ncc1[Si](C)(C)C)C(C)(C)C.[Ir]. The van der Waals surface area contributed by atoms with E-state index in [0.717, 1.165) is 46.4 Å². The largest absolute Gasteiger partial charge is 0.486 e. The number of hydrogen-bond donors (Lipinski definition) is 0. The third-order valence-electron chi connectivity index (χ3n) is 7.07. The molecule has 4 heterocycles. The van der Waals surface area contributed by atoms with E-state index in [0.29, 0.717) is 0 Å². The fourth-order valence-electron chi connectivity index (χ4n) is 4.96. The van der Waals surface area contributed by atoms with Crippen LogP contribution in [0.25, 0.3) is 44.6 Å². The van der Waals surface area contributed by atoms with Crippen molar-refractivity contribution in [1.82, 2.24) is 15.0 Å². The first kappa shape index (κ1) is 19.5. The molecular formula is C41H47IrN3OSi-2. The number of aryl methyl sites for hydroxylation is 2. The molecule has 6 rings (SSSR count). The molecule has 0 unspecified atom stereocenters. The molecule has 1 radical (unpaired) electrons. The summed E-state index contributed by atoms with van der Waals surface area (Å²) >= 11 is 0. The molecule has 6 heteroatoms. The van der Waals surface area contributed by atoms with E-state index in [4.69, 9.17) is 27.7 Å². The van der Waals surface area contributed by atoms with Gasteiger partial charge in [0, 0.05) is 66.9 Å². The van der Waals surface area contributed by atoms with E-state index in [2.05, 4.69) is 46.7 Å². The topological polar surface area (TPSA) is 51.8 Å². The molecule has 0 N–H and O–H groups in total. The minimum atomic E-state index is -3.51. The monoisotopic (exact) mass is 835 g/mol. The zero-order chi connectivity index (χ0) is 47.7. The minimum absolute atomic E-state index is 0. The molecule has 4 aromatic heterocycles. The smallest absolute Gasteiger partial charge is 0.216 e. The van der Waals surface area contributed by atoms with E-state index in [1.54, 1.807) is 0 Å². The molecule has 0 bridgehead atoms. The van der Waals surface area contributed by atoms with E-state index in [1.807, 2.05) is 57.3 Å². The van der Waals surface area contributed by atoms with E-state index < -0.39 is 65.1 Å². The Morgan fingerprint density at radius 2 is 1.74 bits per heavy atom. The molecule has 0 spiro atoms. The van der Waals surface area contributed by atoms with Crippen molar-refractivity contribution in [3.63, 3.8) is 0 Å². The molecule has 0 aliphatic carbocycles. The van der Waals surface area contributed by atoms with Crippen LogP contribution in [0.5, 0.6) is 0 Å². The number of aromatic nitrogens is 3. The Labute approximate surface area is 319 Å². The standard InChI is InChI=1S/C22H21N2O.C19H26NSi.Ir/c1-13-6-8-16(18-12-15(10-11-23-18)22(3,4)5)20-19(13)17-9-7-14(2)24-21(17)25-20;1-19(2,3)13-16-12-17(15-10-8-7-9-11-15)20-14-18(16)21(4,5)6;/h6-7,9-12H,1-5H3;7-10,12,14H,13H2,1-6H3;/q2*-1;/i1D3,2D3,3D3,4D3,5D3;13D2;. The predicted molar refractivity (Wildman–Crippen MR) is 196 cm³/mol. The molecular weight excluding hydrogens is 771 g/mol. The summed E-state index contributed by atoms with van der Waals surface area (Å²) in [6.45, 7) is -3.22. The first-order valence-electron chi connectivity index (χ1n) is 23.2. The number of rotatable bonds is 4. The van der Waals surface area contributed by atoms with Gasteiger partial charge in [0.2, 0.25) is 5.71 Å². The van der Waals surface area contributed by atoms with Gasteiger partial charge in [0.25, 0.3) is 0 Å². The zero-order valence-electron chi connectivity index (χ0n) is 44.0. The third kappa shape index (κ3) is 8.54. The van der Waals surface area contributed by atoms with Crippen molar-refractivity contribution >= 4 is 35.3 Å². The van der Waals surface area contributed by atoms with Crippen molar-refractivity contribution in [1.29, 1.82) is 0 Å². The van der Waals surface area contributed by atoms with Crippen molar-refractivity contribution in [2.45, 2.75) is 86.5 Å². The maximum Gasteiger partial charge on any atom is 0.216 e. The summed E-state index contributed by atoms with van der Waals surface area (Å²) in [5.41, 5.74) is -2.94. The maximum absolute atomic E-state index is 8.75. The second-order valence-electron chi connectivity index (χ2n) is 13.1. The molecule has 0 amide bonds. The summed E-state index contributed by atoms with van der Waals surface area (Å²) in [6.07, 6.45) is 1.50. The number of furan rings is 1. The maximum atomic E-state index is 8.75. The molecule has 0 saturated carbocycles. The Balaban J connectivity index is 0.000000319. The van der Waals surface area contributed by atoms with Crippen LogP contribution in [0.1, 0.15) is 87.0 Å². The summed E-state index contributed by atoms with van der Waals surface area (Å²) < 4.78 is 142. The van der Waals surface area contributed by atoms with Crippen LogP contribution in [0.2, 0.25) is 19.6 Å². The number of nitrogens with zero attached hydrogens (tertiary/aromatic N) is 3. The molecule has 6 aromatic rings. The van der Waals surface area contributed by atoms with Gasteiger partial charge in [-0.25, -0.2) is 4.98 Å². The summed E-state index contributed by atoms with van der Waals surface area (Å²) in [5.74, 6) is 0. The Kier molecular flexibility index (Phi) is 5.80. The predicted octanol–water partition coefficient (Wildman–Crippen LogP) is 10.4. The average molecular weight is 835 g/mol. The minimum Gasteiger partial charge on any atom is -0.486 e. The second kappa shape index (κ2) is 14.0.